The van der Waals surface area contributed by atoms with Gasteiger partial charge >= 0.3 is 0 Å². The fourth-order valence-corrected chi connectivity index (χ4v) is 2.50. The average Bonchev–Trinajstić information content (AvgIpc) is 2.17. The summed E-state index contributed by atoms with van der Waals surface area (Å²) in [6.07, 6.45) is 0. The van der Waals surface area contributed by atoms with E-state index in [0.717, 1.165) is 6.07 Å². The summed E-state index contributed by atoms with van der Waals surface area (Å²) in [6.45, 7) is -0.522. The molecule has 8 heteroatoms. The monoisotopic (exact) mass is 309 g/mol. The molecule has 0 aliphatic heterocycles. The summed E-state index contributed by atoms with van der Waals surface area (Å²) in [5, 5.41) is 19.2. The first-order valence-electron chi connectivity index (χ1n) is 4.16. The fourth-order valence-electron chi connectivity index (χ4n) is 1.06. The highest BCUT2D eigenvalue weighted by Crippen LogP contribution is 2.27. The molecule has 0 aromatic heterocycles. The minimum absolute atomic E-state index is 0.170. The van der Waals surface area contributed by atoms with Crippen molar-refractivity contribution < 1.29 is 18.4 Å². The number of sulfone groups is 1. The third kappa shape index (κ3) is 2.77. The molecule has 0 bridgehead atoms. The van der Waals surface area contributed by atoms with Crippen LogP contribution in [0, 0.1) is 10.1 Å². The second kappa shape index (κ2) is 4.89. The van der Waals surface area contributed by atoms with E-state index in [4.69, 9.17) is 5.11 Å². The zero-order valence-electron chi connectivity index (χ0n) is 7.96. The average molecular weight is 310 g/mol. The van der Waals surface area contributed by atoms with Crippen LogP contribution >= 0.6 is 15.9 Å². The van der Waals surface area contributed by atoms with Crippen LogP contribution in [0.1, 0.15) is 0 Å². The molecule has 0 atom stereocenters. The summed E-state index contributed by atoms with van der Waals surface area (Å²) in [5.41, 5.74) is -0.320. The number of hydrogen-bond acceptors (Lipinski definition) is 5. The summed E-state index contributed by atoms with van der Waals surface area (Å²) in [7, 11) is -3.66. The first kappa shape index (κ1) is 13.1. The highest BCUT2D eigenvalue weighted by atomic mass is 79.9. The molecule has 0 saturated carbocycles. The molecule has 0 aliphatic carbocycles. The van der Waals surface area contributed by atoms with Gasteiger partial charge in [0.15, 0.2) is 9.84 Å². The van der Waals surface area contributed by atoms with E-state index in [9.17, 15) is 18.5 Å². The van der Waals surface area contributed by atoms with E-state index in [0.29, 0.717) is 0 Å². The fraction of sp³-hybridized carbons (Fsp3) is 0.250. The van der Waals surface area contributed by atoms with E-state index < -0.39 is 27.1 Å². The van der Waals surface area contributed by atoms with Gasteiger partial charge in [-0.05, 0) is 28.1 Å². The topological polar surface area (TPSA) is 97.5 Å². The minimum Gasteiger partial charge on any atom is -0.395 e. The van der Waals surface area contributed by atoms with E-state index in [-0.39, 0.29) is 15.1 Å². The van der Waals surface area contributed by atoms with Gasteiger partial charge < -0.3 is 5.11 Å². The van der Waals surface area contributed by atoms with E-state index >= 15 is 0 Å². The van der Waals surface area contributed by atoms with Crippen LogP contribution < -0.4 is 0 Å². The van der Waals surface area contributed by atoms with Crippen molar-refractivity contribution in [3.05, 3.63) is 32.8 Å². The number of nitrogens with zero attached hydrogens (tertiary/aromatic N) is 1. The SMILES string of the molecule is O=[N+]([O-])c1cc(S(=O)(=O)CCO)ccc1Br. The molecule has 6 nitrogen and oxygen atoms in total. The van der Waals surface area contributed by atoms with Crippen LogP contribution in [0.25, 0.3) is 0 Å². The maximum atomic E-state index is 11.5. The molecule has 1 aromatic carbocycles. The smallest absolute Gasteiger partial charge is 0.284 e. The summed E-state index contributed by atoms with van der Waals surface area (Å²) in [4.78, 5) is 9.74. The Bertz CT molecular complexity index is 513. The van der Waals surface area contributed by atoms with Crippen molar-refractivity contribution in [2.45, 2.75) is 4.90 Å². The van der Waals surface area contributed by atoms with Gasteiger partial charge in [-0.2, -0.15) is 0 Å². The van der Waals surface area contributed by atoms with Gasteiger partial charge in [0, 0.05) is 6.07 Å². The molecule has 16 heavy (non-hydrogen) atoms. The van der Waals surface area contributed by atoms with Crippen molar-refractivity contribution in [2.24, 2.45) is 0 Å². The Kier molecular flexibility index (Phi) is 4.00. The van der Waals surface area contributed by atoms with Crippen LogP contribution in [0.2, 0.25) is 0 Å². The molecule has 1 N–H and O–H groups in total. The van der Waals surface area contributed by atoms with Crippen LogP contribution in [-0.4, -0.2) is 30.8 Å². The first-order valence-corrected chi connectivity index (χ1v) is 6.60. The number of hydrogen-bond donors (Lipinski definition) is 1. The lowest BCUT2D eigenvalue weighted by Crippen LogP contribution is -2.10. The van der Waals surface area contributed by atoms with Gasteiger partial charge in [0.25, 0.3) is 5.69 Å². The van der Waals surface area contributed by atoms with E-state index in [1.54, 1.807) is 0 Å². The largest absolute Gasteiger partial charge is 0.395 e. The number of benzene rings is 1. The van der Waals surface area contributed by atoms with Crippen LogP contribution in [0.5, 0.6) is 0 Å². The van der Waals surface area contributed by atoms with Crippen LogP contribution in [0.3, 0.4) is 0 Å². The number of rotatable bonds is 4. The standard InChI is InChI=1S/C8H8BrNO5S/c9-7-2-1-6(5-8(7)10(12)13)16(14,15)4-3-11/h1-2,5,11H,3-4H2. The normalized spacial score (nSPS) is 11.4. The molecule has 0 heterocycles. The van der Waals surface area contributed by atoms with Crippen molar-refractivity contribution in [3.63, 3.8) is 0 Å². The number of aliphatic hydroxyl groups is 1. The van der Waals surface area contributed by atoms with Gasteiger partial charge in [0.1, 0.15) is 0 Å². The molecule has 0 aliphatic rings. The molecule has 0 saturated heterocycles. The van der Waals surface area contributed by atoms with Crippen molar-refractivity contribution in [1.29, 1.82) is 0 Å². The second-order valence-electron chi connectivity index (χ2n) is 2.91. The van der Waals surface area contributed by atoms with Crippen molar-refractivity contribution in [3.8, 4) is 0 Å². The third-order valence-corrected chi connectivity index (χ3v) is 4.20. The molecule has 1 aromatic rings. The Morgan fingerprint density at radius 3 is 2.56 bits per heavy atom. The van der Waals surface area contributed by atoms with Gasteiger partial charge in [0.2, 0.25) is 0 Å². The minimum atomic E-state index is -3.66. The summed E-state index contributed by atoms with van der Waals surface area (Å²) >= 11 is 2.95. The van der Waals surface area contributed by atoms with Crippen LogP contribution in [-0.2, 0) is 9.84 Å². The summed E-state index contributed by atoms with van der Waals surface area (Å²) < 4.78 is 23.2. The third-order valence-electron chi connectivity index (χ3n) is 1.83. The maximum Gasteiger partial charge on any atom is 0.284 e. The molecular formula is C8H8BrNO5S. The molecule has 0 amide bonds. The van der Waals surface area contributed by atoms with Gasteiger partial charge in [-0.15, -0.1) is 0 Å². The molecular weight excluding hydrogens is 302 g/mol. The number of nitro groups is 1. The van der Waals surface area contributed by atoms with Crippen LogP contribution in [0.15, 0.2) is 27.6 Å². The highest BCUT2D eigenvalue weighted by molar-refractivity contribution is 9.10. The summed E-state index contributed by atoms with van der Waals surface area (Å²) in [5.74, 6) is -0.453. The maximum absolute atomic E-state index is 11.5. The quantitative estimate of drug-likeness (QED) is 0.664. The Balaban J connectivity index is 3.28. The van der Waals surface area contributed by atoms with E-state index in [1.807, 2.05) is 0 Å². The zero-order valence-corrected chi connectivity index (χ0v) is 10.4. The number of halogens is 1. The molecule has 1 rings (SSSR count). The lowest BCUT2D eigenvalue weighted by Gasteiger charge is -2.03. The van der Waals surface area contributed by atoms with Crippen LogP contribution in [0.4, 0.5) is 5.69 Å². The van der Waals surface area contributed by atoms with Gasteiger partial charge in [-0.3, -0.25) is 10.1 Å². The van der Waals surface area contributed by atoms with Gasteiger partial charge in [-0.25, -0.2) is 8.42 Å². The predicted octanol–water partition coefficient (Wildman–Crippen LogP) is 1.12. The Hall–Kier alpha value is -0.990. The van der Waals surface area contributed by atoms with Gasteiger partial charge in [-0.1, -0.05) is 0 Å². The summed E-state index contributed by atoms with van der Waals surface area (Å²) in [6, 6.07) is 3.51. The van der Waals surface area contributed by atoms with Crippen molar-refractivity contribution in [2.75, 3.05) is 12.4 Å². The lowest BCUT2D eigenvalue weighted by molar-refractivity contribution is -0.385. The van der Waals surface area contributed by atoms with Gasteiger partial charge in [0.05, 0.1) is 26.7 Å². The Morgan fingerprint density at radius 2 is 2.06 bits per heavy atom. The molecule has 0 fully saturated rings. The van der Waals surface area contributed by atoms with Crippen molar-refractivity contribution >= 4 is 31.5 Å². The second-order valence-corrected chi connectivity index (χ2v) is 5.88. The number of nitro benzene ring substituents is 1. The highest BCUT2D eigenvalue weighted by Gasteiger charge is 2.19. The first-order chi connectivity index (χ1) is 7.38. The number of aliphatic hydroxyl groups excluding tert-OH is 1. The molecule has 0 spiro atoms. The molecule has 0 radical (unpaired) electrons. The lowest BCUT2D eigenvalue weighted by atomic mass is 10.3. The van der Waals surface area contributed by atoms with Crippen molar-refractivity contribution in [1.82, 2.24) is 0 Å². The predicted molar refractivity (Wildman–Crippen MR) is 59.9 cm³/mol. The zero-order chi connectivity index (χ0) is 12.3. The van der Waals surface area contributed by atoms with E-state index in [2.05, 4.69) is 15.9 Å². The molecule has 88 valence electrons. The Morgan fingerprint density at radius 1 is 1.44 bits per heavy atom. The van der Waals surface area contributed by atoms with E-state index in [1.165, 1.54) is 12.1 Å². The Labute approximate surface area is 100 Å². The molecule has 0 unspecified atom stereocenters.